The van der Waals surface area contributed by atoms with Crippen LogP contribution >= 0.6 is 0 Å². The topological polar surface area (TPSA) is 26.3 Å². The molecule has 0 amide bonds. The van der Waals surface area contributed by atoms with Crippen LogP contribution in [-0.2, 0) is 9.53 Å². The summed E-state index contributed by atoms with van der Waals surface area (Å²) >= 11 is 0. The van der Waals surface area contributed by atoms with Gasteiger partial charge in [0.2, 0.25) is 0 Å². The predicted octanol–water partition coefficient (Wildman–Crippen LogP) is 4.58. The molecule has 2 nitrogen and oxygen atoms in total. The fraction of sp³-hybridized carbons (Fsp3) is 0.588. The molecule has 1 aliphatic rings. The Bertz CT molecular complexity index is 399. The average Bonchev–Trinajstić information content (AvgIpc) is 2.27. The van der Waals surface area contributed by atoms with Crippen LogP contribution in [-0.4, -0.2) is 12.1 Å². The van der Waals surface area contributed by atoms with Gasteiger partial charge in [0.25, 0.3) is 0 Å². The van der Waals surface area contributed by atoms with Crippen molar-refractivity contribution >= 4 is 5.97 Å². The molecule has 0 aromatic carbocycles. The Morgan fingerprint density at radius 3 is 2.79 bits per heavy atom. The highest BCUT2D eigenvalue weighted by molar-refractivity contribution is 5.66. The minimum absolute atomic E-state index is 0.00762. The molecule has 0 spiro atoms. The zero-order chi connectivity index (χ0) is 14.5. The Labute approximate surface area is 117 Å². The van der Waals surface area contributed by atoms with Crippen molar-refractivity contribution in [3.8, 4) is 0 Å². The molecule has 1 rings (SSSR count). The van der Waals surface area contributed by atoms with Gasteiger partial charge in [-0.3, -0.25) is 4.79 Å². The number of ether oxygens (including phenoxy) is 1. The number of hydrogen-bond acceptors (Lipinski definition) is 2. The SMILES string of the molecule is C=C1CC/C=C(\C)C/C=C/C(C)(C)C[C@H]1OC(C)=O. The minimum Gasteiger partial charge on any atom is -0.458 e. The minimum atomic E-state index is -0.229. The van der Waals surface area contributed by atoms with E-state index in [1.807, 2.05) is 0 Å². The third kappa shape index (κ3) is 5.91. The molecule has 2 heteroatoms. The lowest BCUT2D eigenvalue weighted by atomic mass is 9.83. The molecule has 0 heterocycles. The van der Waals surface area contributed by atoms with Gasteiger partial charge in [-0.2, -0.15) is 0 Å². The van der Waals surface area contributed by atoms with Crippen LogP contribution in [0.15, 0.2) is 36.0 Å². The molecule has 0 radical (unpaired) electrons. The van der Waals surface area contributed by atoms with Crippen LogP contribution in [0.1, 0.15) is 53.4 Å². The van der Waals surface area contributed by atoms with E-state index in [-0.39, 0.29) is 17.5 Å². The third-order valence-corrected chi connectivity index (χ3v) is 3.44. The summed E-state index contributed by atoms with van der Waals surface area (Å²) in [6.45, 7) is 12.1. The molecule has 1 aliphatic carbocycles. The smallest absolute Gasteiger partial charge is 0.303 e. The molecular weight excluding hydrogens is 236 g/mol. The first kappa shape index (κ1) is 15.7. The molecule has 0 N–H and O–H groups in total. The fourth-order valence-electron chi connectivity index (χ4n) is 2.33. The van der Waals surface area contributed by atoms with Gasteiger partial charge in [-0.05, 0) is 43.6 Å². The quantitative estimate of drug-likeness (QED) is 0.511. The summed E-state index contributed by atoms with van der Waals surface area (Å²) in [7, 11) is 0. The van der Waals surface area contributed by atoms with Crippen molar-refractivity contribution in [3.05, 3.63) is 36.0 Å². The highest BCUT2D eigenvalue weighted by Crippen LogP contribution is 2.30. The van der Waals surface area contributed by atoms with E-state index in [1.165, 1.54) is 12.5 Å². The van der Waals surface area contributed by atoms with Gasteiger partial charge >= 0.3 is 5.97 Å². The summed E-state index contributed by atoms with van der Waals surface area (Å²) in [6.07, 6.45) is 10.1. The van der Waals surface area contributed by atoms with Crippen molar-refractivity contribution in [1.82, 2.24) is 0 Å². The van der Waals surface area contributed by atoms with Crippen LogP contribution < -0.4 is 0 Å². The molecule has 106 valence electrons. The molecule has 0 saturated carbocycles. The van der Waals surface area contributed by atoms with Crippen LogP contribution in [0.5, 0.6) is 0 Å². The molecule has 0 saturated heterocycles. The summed E-state index contributed by atoms with van der Waals surface area (Å²) < 4.78 is 5.45. The summed E-state index contributed by atoms with van der Waals surface area (Å²) in [6, 6.07) is 0. The standard InChI is InChI=1S/C17H26O2/c1-13-8-6-10-14(2)16(19-15(3)18)12-17(4,5)11-7-9-13/h7-8,11,16H,2,6,9-10,12H2,1,3-5H3/b11-7+,13-8+/t16-/m1/s1. The predicted molar refractivity (Wildman–Crippen MR) is 79.8 cm³/mol. The van der Waals surface area contributed by atoms with E-state index >= 15 is 0 Å². The van der Waals surface area contributed by atoms with Crippen molar-refractivity contribution in [1.29, 1.82) is 0 Å². The number of rotatable bonds is 1. The molecule has 0 aromatic heterocycles. The van der Waals surface area contributed by atoms with E-state index in [0.29, 0.717) is 0 Å². The normalized spacial score (nSPS) is 28.7. The summed E-state index contributed by atoms with van der Waals surface area (Å²) in [5.74, 6) is -0.229. The Morgan fingerprint density at radius 2 is 2.16 bits per heavy atom. The second kappa shape index (κ2) is 6.74. The average molecular weight is 262 g/mol. The van der Waals surface area contributed by atoms with Gasteiger partial charge in [-0.15, -0.1) is 0 Å². The Balaban J connectivity index is 2.92. The first-order valence-corrected chi connectivity index (χ1v) is 6.98. The highest BCUT2D eigenvalue weighted by Gasteiger charge is 2.25. The Kier molecular flexibility index (Phi) is 5.59. The lowest BCUT2D eigenvalue weighted by molar-refractivity contribution is -0.145. The zero-order valence-corrected chi connectivity index (χ0v) is 12.7. The van der Waals surface area contributed by atoms with Crippen molar-refractivity contribution in [2.45, 2.75) is 59.5 Å². The molecule has 19 heavy (non-hydrogen) atoms. The van der Waals surface area contributed by atoms with Crippen molar-refractivity contribution in [2.24, 2.45) is 5.41 Å². The van der Waals surface area contributed by atoms with E-state index in [2.05, 4.69) is 45.6 Å². The van der Waals surface area contributed by atoms with Gasteiger partial charge in [-0.1, -0.05) is 44.2 Å². The largest absolute Gasteiger partial charge is 0.458 e. The third-order valence-electron chi connectivity index (χ3n) is 3.44. The maximum atomic E-state index is 11.2. The second-order valence-electron chi connectivity index (χ2n) is 6.14. The van der Waals surface area contributed by atoms with Crippen molar-refractivity contribution in [3.63, 3.8) is 0 Å². The number of allylic oxidation sites excluding steroid dienone is 4. The van der Waals surface area contributed by atoms with Crippen LogP contribution in [0.3, 0.4) is 0 Å². The zero-order valence-electron chi connectivity index (χ0n) is 12.7. The lowest BCUT2D eigenvalue weighted by Crippen LogP contribution is -2.25. The van der Waals surface area contributed by atoms with Gasteiger partial charge < -0.3 is 4.74 Å². The van der Waals surface area contributed by atoms with Gasteiger partial charge in [-0.25, -0.2) is 0 Å². The molecular formula is C17H26O2. The number of carbonyl (C=O) groups is 1. The van der Waals surface area contributed by atoms with Crippen LogP contribution in [0, 0.1) is 5.41 Å². The molecule has 0 aromatic rings. The number of carbonyl (C=O) groups excluding carboxylic acids is 1. The number of hydrogen-bond donors (Lipinski definition) is 0. The first-order chi connectivity index (χ1) is 8.80. The fourth-order valence-corrected chi connectivity index (χ4v) is 2.33. The summed E-state index contributed by atoms with van der Waals surface area (Å²) in [5, 5.41) is 0. The van der Waals surface area contributed by atoms with E-state index in [1.54, 1.807) is 0 Å². The summed E-state index contributed by atoms with van der Waals surface area (Å²) in [5.41, 5.74) is 2.40. The van der Waals surface area contributed by atoms with E-state index in [0.717, 1.165) is 31.3 Å². The monoisotopic (exact) mass is 262 g/mol. The molecule has 1 atom stereocenters. The van der Waals surface area contributed by atoms with E-state index < -0.39 is 0 Å². The Morgan fingerprint density at radius 1 is 1.47 bits per heavy atom. The van der Waals surface area contributed by atoms with Gasteiger partial charge in [0.05, 0.1) is 0 Å². The maximum Gasteiger partial charge on any atom is 0.303 e. The highest BCUT2D eigenvalue weighted by atomic mass is 16.5. The molecule has 0 bridgehead atoms. The molecule has 0 unspecified atom stereocenters. The second-order valence-corrected chi connectivity index (χ2v) is 6.14. The lowest BCUT2D eigenvalue weighted by Gasteiger charge is -2.28. The Hall–Kier alpha value is -1.31. The van der Waals surface area contributed by atoms with Crippen molar-refractivity contribution < 1.29 is 9.53 Å². The van der Waals surface area contributed by atoms with E-state index in [9.17, 15) is 4.79 Å². The summed E-state index contributed by atoms with van der Waals surface area (Å²) in [4.78, 5) is 11.2. The van der Waals surface area contributed by atoms with Gasteiger partial charge in [0.1, 0.15) is 6.10 Å². The van der Waals surface area contributed by atoms with E-state index in [4.69, 9.17) is 4.74 Å². The van der Waals surface area contributed by atoms with Crippen LogP contribution in [0.25, 0.3) is 0 Å². The van der Waals surface area contributed by atoms with Crippen LogP contribution in [0.4, 0.5) is 0 Å². The maximum absolute atomic E-state index is 11.2. The molecule has 0 fully saturated rings. The van der Waals surface area contributed by atoms with Gasteiger partial charge in [0.15, 0.2) is 0 Å². The van der Waals surface area contributed by atoms with Crippen LogP contribution in [0.2, 0.25) is 0 Å². The van der Waals surface area contributed by atoms with Gasteiger partial charge in [0, 0.05) is 6.92 Å². The first-order valence-electron chi connectivity index (χ1n) is 6.98. The molecule has 0 aliphatic heterocycles. The van der Waals surface area contributed by atoms with Crippen molar-refractivity contribution in [2.75, 3.05) is 0 Å². The number of esters is 1.